The molecule has 0 saturated carbocycles. The molecule has 0 fully saturated rings. The summed E-state index contributed by atoms with van der Waals surface area (Å²) in [6.45, 7) is 10.5. The van der Waals surface area contributed by atoms with E-state index in [2.05, 4.69) is 13.5 Å². The van der Waals surface area contributed by atoms with E-state index in [1.54, 1.807) is 18.7 Å². The smallest absolute Gasteiger partial charge is 0.409 e. The molecule has 0 aromatic rings. The van der Waals surface area contributed by atoms with E-state index in [1.807, 2.05) is 0 Å². The number of nitrogens with zero attached hydrogens (tertiary/aromatic N) is 1. The molecule has 0 aromatic heterocycles. The third-order valence-electron chi connectivity index (χ3n) is 2.39. The van der Waals surface area contributed by atoms with Crippen LogP contribution in [0.3, 0.4) is 0 Å². The number of allylic oxidation sites excluding steroid dienone is 1. The maximum atomic E-state index is 11.6. The highest BCUT2D eigenvalue weighted by Gasteiger charge is 2.15. The van der Waals surface area contributed by atoms with Crippen molar-refractivity contribution in [1.29, 1.82) is 0 Å². The number of ether oxygens (including phenoxy) is 1. The highest BCUT2D eigenvalue weighted by molar-refractivity contribution is 5.94. The molecule has 0 aliphatic carbocycles. The Hall–Kier alpha value is -1.32. The molecule has 0 spiro atoms. The number of ketones is 1. The zero-order valence-electron chi connectivity index (χ0n) is 11.1. The summed E-state index contributed by atoms with van der Waals surface area (Å²) < 4.78 is 4.95. The molecular weight excluding hydrogens is 218 g/mol. The molecule has 4 heteroatoms. The minimum atomic E-state index is -0.338. The Morgan fingerprint density at radius 3 is 2.35 bits per heavy atom. The van der Waals surface area contributed by atoms with Crippen LogP contribution in [0.25, 0.3) is 0 Å². The van der Waals surface area contributed by atoms with Gasteiger partial charge in [-0.05, 0) is 25.8 Å². The van der Waals surface area contributed by atoms with Gasteiger partial charge in [-0.25, -0.2) is 4.79 Å². The van der Waals surface area contributed by atoms with Gasteiger partial charge in [0.15, 0.2) is 5.78 Å². The van der Waals surface area contributed by atoms with Gasteiger partial charge in [-0.2, -0.15) is 0 Å². The van der Waals surface area contributed by atoms with Crippen molar-refractivity contribution >= 4 is 11.9 Å². The largest absolute Gasteiger partial charge is 0.450 e. The zero-order valence-corrected chi connectivity index (χ0v) is 11.1. The molecule has 0 atom stereocenters. The van der Waals surface area contributed by atoms with Crippen molar-refractivity contribution in [3.8, 4) is 0 Å². The highest BCUT2D eigenvalue weighted by atomic mass is 16.6. The molecule has 17 heavy (non-hydrogen) atoms. The van der Waals surface area contributed by atoms with E-state index >= 15 is 0 Å². The Labute approximate surface area is 104 Å². The minimum Gasteiger partial charge on any atom is -0.450 e. The number of carbonyl (C=O) groups is 2. The summed E-state index contributed by atoms with van der Waals surface area (Å²) in [5.41, 5.74) is 0.532. The van der Waals surface area contributed by atoms with E-state index in [1.165, 1.54) is 0 Å². The van der Waals surface area contributed by atoms with E-state index in [4.69, 9.17) is 4.74 Å². The normalized spacial score (nSPS) is 9.82. The summed E-state index contributed by atoms with van der Waals surface area (Å²) in [7, 11) is 0. The lowest BCUT2D eigenvalue weighted by atomic mass is 10.1. The van der Waals surface area contributed by atoms with Crippen molar-refractivity contribution in [2.75, 3.05) is 19.7 Å². The predicted molar refractivity (Wildman–Crippen MR) is 67.9 cm³/mol. The van der Waals surface area contributed by atoms with E-state index < -0.39 is 0 Å². The molecule has 98 valence electrons. The molecule has 0 radical (unpaired) electrons. The topological polar surface area (TPSA) is 46.6 Å². The van der Waals surface area contributed by atoms with Crippen LogP contribution in [0.15, 0.2) is 12.2 Å². The lowest BCUT2D eigenvalue weighted by Crippen LogP contribution is -2.34. The number of Topliss-reactive ketones (excluding diaryl/α,β-unsaturated/α-hetero) is 1. The van der Waals surface area contributed by atoms with Crippen molar-refractivity contribution in [3.63, 3.8) is 0 Å². The summed E-state index contributed by atoms with van der Waals surface area (Å²) in [6.07, 6.45) is 1.90. The zero-order chi connectivity index (χ0) is 13.3. The molecule has 0 aliphatic heterocycles. The molecule has 0 bridgehead atoms. The fraction of sp³-hybridized carbons (Fsp3) is 0.692. The second-order valence-electron chi connectivity index (χ2n) is 3.99. The summed E-state index contributed by atoms with van der Waals surface area (Å²) >= 11 is 0. The molecule has 0 N–H and O–H groups in total. The number of hydrogen-bond donors (Lipinski definition) is 0. The van der Waals surface area contributed by atoms with Gasteiger partial charge in [-0.1, -0.05) is 19.9 Å². The SMILES string of the molecule is C=C(C)C(=O)CCN(CCCC)C(=O)OCC. The van der Waals surface area contributed by atoms with Crippen molar-refractivity contribution in [2.45, 2.75) is 40.0 Å². The Kier molecular flexibility index (Phi) is 8.11. The molecule has 0 aliphatic rings. The molecular formula is C13H23NO3. The predicted octanol–water partition coefficient (Wildman–Crippen LogP) is 2.78. The lowest BCUT2D eigenvalue weighted by molar-refractivity contribution is -0.115. The van der Waals surface area contributed by atoms with Crippen LogP contribution >= 0.6 is 0 Å². The second-order valence-corrected chi connectivity index (χ2v) is 3.99. The van der Waals surface area contributed by atoms with Crippen LogP contribution in [-0.2, 0) is 9.53 Å². The Balaban J connectivity index is 4.23. The van der Waals surface area contributed by atoms with Crippen LogP contribution in [0.2, 0.25) is 0 Å². The second kappa shape index (κ2) is 8.79. The van der Waals surface area contributed by atoms with Gasteiger partial charge in [0.1, 0.15) is 0 Å². The number of unbranched alkanes of at least 4 members (excludes halogenated alkanes) is 1. The molecule has 0 saturated heterocycles. The molecule has 1 amide bonds. The molecule has 0 unspecified atom stereocenters. The van der Waals surface area contributed by atoms with Crippen LogP contribution in [-0.4, -0.2) is 36.5 Å². The Bertz CT molecular complexity index is 274. The Morgan fingerprint density at radius 1 is 1.24 bits per heavy atom. The monoisotopic (exact) mass is 241 g/mol. The average molecular weight is 241 g/mol. The van der Waals surface area contributed by atoms with Crippen molar-refractivity contribution in [3.05, 3.63) is 12.2 Å². The van der Waals surface area contributed by atoms with Crippen molar-refractivity contribution in [1.82, 2.24) is 4.90 Å². The third-order valence-corrected chi connectivity index (χ3v) is 2.39. The van der Waals surface area contributed by atoms with Gasteiger partial charge < -0.3 is 9.64 Å². The van der Waals surface area contributed by atoms with Crippen LogP contribution in [0.4, 0.5) is 4.79 Å². The van der Waals surface area contributed by atoms with Gasteiger partial charge in [-0.15, -0.1) is 0 Å². The fourth-order valence-corrected chi connectivity index (χ4v) is 1.31. The minimum absolute atomic E-state index is 0.00389. The maximum Gasteiger partial charge on any atom is 0.409 e. The van der Waals surface area contributed by atoms with Gasteiger partial charge >= 0.3 is 6.09 Å². The first-order valence-electron chi connectivity index (χ1n) is 6.13. The summed E-state index contributed by atoms with van der Waals surface area (Å²) in [5, 5.41) is 0. The summed E-state index contributed by atoms with van der Waals surface area (Å²) in [6, 6.07) is 0. The first-order valence-corrected chi connectivity index (χ1v) is 6.13. The van der Waals surface area contributed by atoms with Crippen molar-refractivity contribution < 1.29 is 14.3 Å². The third kappa shape index (κ3) is 6.76. The van der Waals surface area contributed by atoms with Crippen LogP contribution < -0.4 is 0 Å². The molecule has 4 nitrogen and oxygen atoms in total. The molecule has 0 rings (SSSR count). The van der Waals surface area contributed by atoms with Gasteiger partial charge in [0.05, 0.1) is 6.61 Å². The van der Waals surface area contributed by atoms with E-state index in [0.29, 0.717) is 31.7 Å². The van der Waals surface area contributed by atoms with Gasteiger partial charge in [-0.3, -0.25) is 4.79 Å². The van der Waals surface area contributed by atoms with Gasteiger partial charge in [0.25, 0.3) is 0 Å². The van der Waals surface area contributed by atoms with E-state index in [0.717, 1.165) is 12.8 Å². The quantitative estimate of drug-likeness (QED) is 0.614. The first-order chi connectivity index (χ1) is 8.02. The standard InChI is InChI=1S/C13H23NO3/c1-5-7-9-14(13(16)17-6-2)10-8-12(15)11(3)4/h3,5-10H2,1-2,4H3. The first kappa shape index (κ1) is 15.7. The molecule has 0 aromatic carbocycles. The van der Waals surface area contributed by atoms with Gasteiger partial charge in [0.2, 0.25) is 0 Å². The number of rotatable bonds is 8. The summed E-state index contributed by atoms with van der Waals surface area (Å²) in [5.74, 6) is -0.00389. The number of amides is 1. The van der Waals surface area contributed by atoms with Gasteiger partial charge in [0, 0.05) is 19.5 Å². The fourth-order valence-electron chi connectivity index (χ4n) is 1.31. The van der Waals surface area contributed by atoms with E-state index in [-0.39, 0.29) is 11.9 Å². The Morgan fingerprint density at radius 2 is 1.88 bits per heavy atom. The maximum absolute atomic E-state index is 11.6. The lowest BCUT2D eigenvalue weighted by Gasteiger charge is -2.21. The summed E-state index contributed by atoms with van der Waals surface area (Å²) in [4.78, 5) is 24.6. The van der Waals surface area contributed by atoms with Crippen LogP contribution in [0.1, 0.15) is 40.0 Å². The number of carbonyl (C=O) groups excluding carboxylic acids is 2. The van der Waals surface area contributed by atoms with Crippen molar-refractivity contribution in [2.24, 2.45) is 0 Å². The van der Waals surface area contributed by atoms with Crippen LogP contribution in [0.5, 0.6) is 0 Å². The van der Waals surface area contributed by atoms with Crippen LogP contribution in [0, 0.1) is 0 Å². The average Bonchev–Trinajstić information content (AvgIpc) is 2.28. The van der Waals surface area contributed by atoms with E-state index in [9.17, 15) is 9.59 Å². The number of hydrogen-bond acceptors (Lipinski definition) is 3. The highest BCUT2D eigenvalue weighted by Crippen LogP contribution is 2.03. The molecule has 0 heterocycles.